The lowest BCUT2D eigenvalue weighted by Gasteiger charge is -2.06. The highest BCUT2D eigenvalue weighted by molar-refractivity contribution is 9.10. The van der Waals surface area contributed by atoms with Gasteiger partial charge in [-0.05, 0) is 18.2 Å². The minimum atomic E-state index is -0.137. The lowest BCUT2D eigenvalue weighted by Crippen LogP contribution is -2.16. The Kier molecular flexibility index (Phi) is 5.17. The van der Waals surface area contributed by atoms with Crippen LogP contribution in [0.3, 0.4) is 0 Å². The van der Waals surface area contributed by atoms with Crippen LogP contribution in [0.5, 0.6) is 0 Å². The van der Waals surface area contributed by atoms with Crippen LogP contribution in [0.15, 0.2) is 64.2 Å². The minimum absolute atomic E-state index is 0.137. The Balaban J connectivity index is 1.63. The molecule has 0 aliphatic carbocycles. The fourth-order valence-corrected chi connectivity index (χ4v) is 3.11. The molecule has 0 aliphatic rings. The van der Waals surface area contributed by atoms with Crippen molar-refractivity contribution in [2.75, 3.05) is 16.9 Å². The maximum Gasteiger partial charge on any atom is 0.234 e. The molecule has 0 unspecified atom stereocenters. The number of anilines is 1. The summed E-state index contributed by atoms with van der Waals surface area (Å²) in [5.41, 5.74) is 1.60. The van der Waals surface area contributed by atoms with E-state index in [1.807, 2.05) is 54.6 Å². The number of carbonyl (C=O) groups excluding carboxylic acids is 1. The van der Waals surface area contributed by atoms with Crippen molar-refractivity contribution in [3.05, 3.63) is 59.1 Å². The van der Waals surface area contributed by atoms with Gasteiger partial charge in [0.25, 0.3) is 0 Å². The first-order valence-corrected chi connectivity index (χ1v) is 8.85. The van der Waals surface area contributed by atoms with Crippen LogP contribution >= 0.6 is 27.7 Å². The molecule has 0 saturated heterocycles. The monoisotopic (exact) mass is 403 g/mol. The Morgan fingerprint density at radius 2 is 1.96 bits per heavy atom. The van der Waals surface area contributed by atoms with E-state index >= 15 is 0 Å². The number of benzene rings is 2. The number of nitrogen functional groups attached to an aromatic ring is 1. The first-order chi connectivity index (χ1) is 11.6. The van der Waals surface area contributed by atoms with Gasteiger partial charge in [0.05, 0.1) is 5.75 Å². The highest BCUT2D eigenvalue weighted by Crippen LogP contribution is 2.22. The van der Waals surface area contributed by atoms with Gasteiger partial charge in [-0.15, -0.1) is 10.2 Å². The summed E-state index contributed by atoms with van der Waals surface area (Å²) < 4.78 is 2.30. The molecule has 0 saturated carbocycles. The number of halogens is 1. The Bertz CT molecular complexity index is 853. The number of hydrogen-bond acceptors (Lipinski definition) is 5. The summed E-state index contributed by atoms with van der Waals surface area (Å²) in [5.74, 6) is 6.64. The lowest BCUT2D eigenvalue weighted by molar-refractivity contribution is -0.113. The van der Waals surface area contributed by atoms with Crippen molar-refractivity contribution >= 4 is 39.3 Å². The van der Waals surface area contributed by atoms with Crippen molar-refractivity contribution in [1.29, 1.82) is 0 Å². The number of amides is 1. The molecule has 3 aromatic rings. The van der Waals surface area contributed by atoms with Crippen LogP contribution in [0.2, 0.25) is 0 Å². The lowest BCUT2D eigenvalue weighted by atomic mass is 10.2. The summed E-state index contributed by atoms with van der Waals surface area (Å²) in [6.45, 7) is 0. The number of nitrogens with zero attached hydrogens (tertiary/aromatic N) is 3. The molecule has 0 spiro atoms. The van der Waals surface area contributed by atoms with Crippen molar-refractivity contribution in [1.82, 2.24) is 14.9 Å². The standard InChI is InChI=1S/C16H14BrN5OS/c17-12-7-4-8-13(9-12)19-14(23)10-24-16-21-20-15(22(16)18)11-5-2-1-3-6-11/h1-9H,10,18H2,(H,19,23). The summed E-state index contributed by atoms with van der Waals surface area (Å²) in [5, 5.41) is 11.4. The Labute approximate surface area is 151 Å². The summed E-state index contributed by atoms with van der Waals surface area (Å²) in [4.78, 5) is 12.0. The van der Waals surface area contributed by atoms with E-state index in [9.17, 15) is 4.79 Å². The smallest absolute Gasteiger partial charge is 0.234 e. The summed E-state index contributed by atoms with van der Waals surface area (Å²) in [7, 11) is 0. The molecule has 2 aromatic carbocycles. The van der Waals surface area contributed by atoms with E-state index < -0.39 is 0 Å². The van der Waals surface area contributed by atoms with Gasteiger partial charge in [-0.3, -0.25) is 4.79 Å². The average Bonchev–Trinajstić information content (AvgIpc) is 2.94. The number of thioether (sulfide) groups is 1. The molecule has 0 atom stereocenters. The zero-order chi connectivity index (χ0) is 16.9. The molecule has 3 N–H and O–H groups in total. The van der Waals surface area contributed by atoms with Gasteiger partial charge in [0.15, 0.2) is 5.82 Å². The molecule has 1 aromatic heterocycles. The first kappa shape index (κ1) is 16.5. The van der Waals surface area contributed by atoms with E-state index in [1.165, 1.54) is 16.4 Å². The quantitative estimate of drug-likeness (QED) is 0.504. The van der Waals surface area contributed by atoms with Gasteiger partial charge >= 0.3 is 0 Å². The van der Waals surface area contributed by atoms with Crippen molar-refractivity contribution < 1.29 is 4.79 Å². The van der Waals surface area contributed by atoms with Gasteiger partial charge in [-0.2, -0.15) is 0 Å². The zero-order valence-electron chi connectivity index (χ0n) is 12.5. The summed E-state index contributed by atoms with van der Waals surface area (Å²) >= 11 is 4.60. The second-order valence-electron chi connectivity index (χ2n) is 4.89. The van der Waals surface area contributed by atoms with Crippen LogP contribution < -0.4 is 11.2 Å². The largest absolute Gasteiger partial charge is 0.335 e. The minimum Gasteiger partial charge on any atom is -0.335 e. The van der Waals surface area contributed by atoms with Crippen LogP contribution in [0.4, 0.5) is 5.69 Å². The van der Waals surface area contributed by atoms with Crippen LogP contribution in [-0.2, 0) is 4.79 Å². The van der Waals surface area contributed by atoms with Crippen molar-refractivity contribution in [3.63, 3.8) is 0 Å². The highest BCUT2D eigenvalue weighted by Gasteiger charge is 2.13. The maximum atomic E-state index is 12.0. The van der Waals surface area contributed by atoms with E-state index in [0.717, 1.165) is 15.7 Å². The molecule has 122 valence electrons. The zero-order valence-corrected chi connectivity index (χ0v) is 14.9. The number of aromatic nitrogens is 3. The molecule has 0 radical (unpaired) electrons. The fraction of sp³-hybridized carbons (Fsp3) is 0.0625. The van der Waals surface area contributed by atoms with E-state index in [-0.39, 0.29) is 11.7 Å². The maximum absolute atomic E-state index is 12.0. The molecule has 24 heavy (non-hydrogen) atoms. The molecule has 0 bridgehead atoms. The third-order valence-electron chi connectivity index (χ3n) is 3.14. The topological polar surface area (TPSA) is 85.8 Å². The second-order valence-corrected chi connectivity index (χ2v) is 6.75. The number of rotatable bonds is 5. The van der Waals surface area contributed by atoms with E-state index in [1.54, 1.807) is 0 Å². The Morgan fingerprint density at radius 1 is 1.17 bits per heavy atom. The molecular weight excluding hydrogens is 390 g/mol. The number of nitrogens with one attached hydrogen (secondary N) is 1. The van der Waals surface area contributed by atoms with Crippen LogP contribution in [-0.4, -0.2) is 26.5 Å². The van der Waals surface area contributed by atoms with Crippen molar-refractivity contribution in [3.8, 4) is 11.4 Å². The fourth-order valence-electron chi connectivity index (χ4n) is 2.05. The van der Waals surface area contributed by atoms with Crippen LogP contribution in [0.25, 0.3) is 11.4 Å². The third-order valence-corrected chi connectivity index (χ3v) is 4.57. The Morgan fingerprint density at radius 3 is 2.71 bits per heavy atom. The molecule has 8 heteroatoms. The second kappa shape index (κ2) is 7.50. The number of hydrogen-bond donors (Lipinski definition) is 2. The summed E-state index contributed by atoms with van der Waals surface area (Å²) in [6, 6.07) is 17.0. The summed E-state index contributed by atoms with van der Waals surface area (Å²) in [6.07, 6.45) is 0. The predicted molar refractivity (Wildman–Crippen MR) is 99.1 cm³/mol. The molecular formula is C16H14BrN5OS. The first-order valence-electron chi connectivity index (χ1n) is 7.07. The predicted octanol–water partition coefficient (Wildman–Crippen LogP) is 3.15. The van der Waals surface area contributed by atoms with Crippen LogP contribution in [0, 0.1) is 0 Å². The van der Waals surface area contributed by atoms with Gasteiger partial charge in [0.1, 0.15) is 0 Å². The molecule has 1 heterocycles. The average molecular weight is 404 g/mol. The molecule has 0 aliphatic heterocycles. The van der Waals surface area contributed by atoms with Gasteiger partial charge in [-0.25, -0.2) is 4.68 Å². The Hall–Kier alpha value is -2.32. The van der Waals surface area contributed by atoms with E-state index in [0.29, 0.717) is 11.0 Å². The number of carbonyl (C=O) groups is 1. The molecule has 1 amide bonds. The van der Waals surface area contributed by atoms with Gasteiger partial charge < -0.3 is 11.2 Å². The van der Waals surface area contributed by atoms with Crippen molar-refractivity contribution in [2.45, 2.75) is 5.16 Å². The van der Waals surface area contributed by atoms with E-state index in [4.69, 9.17) is 5.84 Å². The van der Waals surface area contributed by atoms with Gasteiger partial charge in [0, 0.05) is 15.7 Å². The van der Waals surface area contributed by atoms with Crippen LogP contribution in [0.1, 0.15) is 0 Å². The normalized spacial score (nSPS) is 10.5. The molecule has 3 rings (SSSR count). The SMILES string of the molecule is Nn1c(SCC(=O)Nc2cccc(Br)c2)nnc1-c1ccccc1. The molecule has 0 fully saturated rings. The highest BCUT2D eigenvalue weighted by atomic mass is 79.9. The van der Waals surface area contributed by atoms with Gasteiger partial charge in [0.2, 0.25) is 11.1 Å². The van der Waals surface area contributed by atoms with Gasteiger partial charge in [-0.1, -0.05) is 64.1 Å². The number of nitrogens with two attached hydrogens (primary N) is 1. The molecule has 6 nitrogen and oxygen atoms in total. The third kappa shape index (κ3) is 3.95. The van der Waals surface area contributed by atoms with Crippen molar-refractivity contribution in [2.24, 2.45) is 0 Å². The van der Waals surface area contributed by atoms with E-state index in [2.05, 4.69) is 31.4 Å².